The molecule has 0 bridgehead atoms. The number of aromatic amines is 1. The van der Waals surface area contributed by atoms with Gasteiger partial charge >= 0.3 is 0 Å². The summed E-state index contributed by atoms with van der Waals surface area (Å²) >= 11 is 0. The van der Waals surface area contributed by atoms with Crippen LogP contribution in [0.2, 0.25) is 0 Å². The number of aromatic nitrogens is 2. The van der Waals surface area contributed by atoms with Crippen LogP contribution in [0, 0.1) is 11.8 Å². The molecule has 2 N–H and O–H groups in total. The molecule has 0 atom stereocenters. The van der Waals surface area contributed by atoms with Crippen LogP contribution in [-0.2, 0) is 9.59 Å². The lowest BCUT2D eigenvalue weighted by Crippen LogP contribution is -2.35. The van der Waals surface area contributed by atoms with Crippen molar-refractivity contribution in [3.05, 3.63) is 30.0 Å². The van der Waals surface area contributed by atoms with Gasteiger partial charge < -0.3 is 15.2 Å². The summed E-state index contributed by atoms with van der Waals surface area (Å²) in [6.07, 6.45) is 8.89. The van der Waals surface area contributed by atoms with Crippen molar-refractivity contribution in [3.63, 3.8) is 0 Å². The fourth-order valence-corrected chi connectivity index (χ4v) is 3.64. The number of amides is 2. The van der Waals surface area contributed by atoms with E-state index in [4.69, 9.17) is 0 Å². The van der Waals surface area contributed by atoms with Gasteiger partial charge in [0.25, 0.3) is 0 Å². The topological polar surface area (TPSA) is 78.1 Å². The molecule has 1 aliphatic heterocycles. The van der Waals surface area contributed by atoms with Gasteiger partial charge in [0.05, 0.1) is 0 Å². The molecule has 2 aromatic rings. The van der Waals surface area contributed by atoms with Crippen LogP contribution < -0.4 is 5.32 Å². The van der Waals surface area contributed by atoms with Crippen LogP contribution in [0.1, 0.15) is 37.7 Å². The Morgan fingerprint density at radius 1 is 1.19 bits per heavy atom. The van der Waals surface area contributed by atoms with Gasteiger partial charge in [0.2, 0.25) is 11.8 Å². The predicted octanol–water partition coefficient (Wildman–Crippen LogP) is 2.94. The molecule has 2 fully saturated rings. The Morgan fingerprint density at radius 2 is 2.00 bits per heavy atom. The van der Waals surface area contributed by atoms with E-state index in [1.165, 1.54) is 5.57 Å². The zero-order valence-electron chi connectivity index (χ0n) is 14.6. The van der Waals surface area contributed by atoms with Gasteiger partial charge in [0, 0.05) is 36.5 Å². The Bertz CT molecular complexity index is 921. The van der Waals surface area contributed by atoms with Crippen LogP contribution in [0.3, 0.4) is 0 Å². The van der Waals surface area contributed by atoms with Gasteiger partial charge in [-0.2, -0.15) is 0 Å². The molecule has 134 valence electrons. The van der Waals surface area contributed by atoms with Gasteiger partial charge in [0.1, 0.15) is 11.5 Å². The smallest absolute Gasteiger partial charge is 0.228 e. The number of fused-ring (bicyclic) bond motifs is 1. The number of pyridine rings is 1. The molecule has 5 rings (SSSR count). The highest BCUT2D eigenvalue weighted by Crippen LogP contribution is 2.35. The molecule has 3 aliphatic rings. The lowest BCUT2D eigenvalue weighted by Gasteiger charge is -2.27. The maximum absolute atomic E-state index is 12.3. The first kappa shape index (κ1) is 15.6. The maximum atomic E-state index is 12.3. The molecule has 0 unspecified atom stereocenters. The van der Waals surface area contributed by atoms with Crippen LogP contribution in [0.25, 0.3) is 16.6 Å². The molecule has 2 aromatic heterocycles. The van der Waals surface area contributed by atoms with Gasteiger partial charge in [-0.05, 0) is 55.4 Å². The highest BCUT2D eigenvalue weighted by Gasteiger charge is 2.34. The number of nitrogens with one attached hydrogen (secondary N) is 2. The molecule has 2 amide bonds. The number of carbonyl (C=O) groups excluding carboxylic acids is 2. The third kappa shape index (κ3) is 2.89. The Balaban J connectivity index is 1.42. The summed E-state index contributed by atoms with van der Waals surface area (Å²) in [5.41, 5.74) is 3.10. The van der Waals surface area contributed by atoms with Crippen LogP contribution >= 0.6 is 0 Å². The lowest BCUT2D eigenvalue weighted by molar-refractivity contribution is -0.132. The molecule has 6 heteroatoms. The van der Waals surface area contributed by atoms with Gasteiger partial charge in [-0.3, -0.25) is 9.59 Å². The fourth-order valence-electron chi connectivity index (χ4n) is 3.64. The Kier molecular flexibility index (Phi) is 3.58. The summed E-state index contributed by atoms with van der Waals surface area (Å²) in [6.45, 7) is 1.43. The summed E-state index contributed by atoms with van der Waals surface area (Å²) in [7, 11) is 0. The second kappa shape index (κ2) is 5.97. The predicted molar refractivity (Wildman–Crippen MR) is 99.3 cm³/mol. The molecule has 0 aromatic carbocycles. The third-order valence-corrected chi connectivity index (χ3v) is 5.52. The molecule has 6 nitrogen and oxygen atoms in total. The molecule has 2 aliphatic carbocycles. The number of rotatable bonds is 4. The average Bonchev–Trinajstić information content (AvgIpc) is 3.57. The van der Waals surface area contributed by atoms with Gasteiger partial charge in [-0.1, -0.05) is 6.08 Å². The highest BCUT2D eigenvalue weighted by molar-refractivity contribution is 5.97. The minimum atomic E-state index is 0.0631. The molecule has 3 heterocycles. The van der Waals surface area contributed by atoms with Gasteiger partial charge in [-0.15, -0.1) is 0 Å². The third-order valence-electron chi connectivity index (χ3n) is 5.52. The standard InChI is InChI=1S/C20H22N4O2/c25-19(13-1-2-13)23-17-11-16(15-5-8-21-18(15)22-17)12-6-9-24(10-7-12)20(26)14-3-4-14/h5-6,8,11,13-14H,1-4,7,9-10H2,(H2,21,22,23,25). The van der Waals surface area contributed by atoms with Gasteiger partial charge in [-0.25, -0.2) is 4.98 Å². The summed E-state index contributed by atoms with van der Waals surface area (Å²) in [5.74, 6) is 1.39. The van der Waals surface area contributed by atoms with E-state index in [-0.39, 0.29) is 17.7 Å². The fraction of sp³-hybridized carbons (Fsp3) is 0.450. The van der Waals surface area contributed by atoms with E-state index in [2.05, 4.69) is 21.4 Å². The van der Waals surface area contributed by atoms with Crippen LogP contribution in [-0.4, -0.2) is 39.8 Å². The molecular weight excluding hydrogens is 328 g/mol. The lowest BCUT2D eigenvalue weighted by atomic mass is 9.97. The first-order chi connectivity index (χ1) is 12.7. The van der Waals surface area contributed by atoms with E-state index in [1.54, 1.807) is 0 Å². The molecule has 0 saturated heterocycles. The van der Waals surface area contributed by atoms with Crippen molar-refractivity contribution in [2.75, 3.05) is 18.4 Å². The molecule has 2 saturated carbocycles. The minimum absolute atomic E-state index is 0.0631. The Hall–Kier alpha value is -2.63. The van der Waals surface area contributed by atoms with Crippen LogP contribution in [0.5, 0.6) is 0 Å². The normalized spacial score (nSPS) is 20.2. The van der Waals surface area contributed by atoms with E-state index in [0.717, 1.165) is 55.2 Å². The number of hydrogen-bond acceptors (Lipinski definition) is 3. The zero-order valence-corrected chi connectivity index (χ0v) is 14.6. The van der Waals surface area contributed by atoms with Crippen molar-refractivity contribution in [2.45, 2.75) is 32.1 Å². The maximum Gasteiger partial charge on any atom is 0.228 e. The average molecular weight is 350 g/mol. The molecule has 0 radical (unpaired) electrons. The van der Waals surface area contributed by atoms with Crippen molar-refractivity contribution in [3.8, 4) is 0 Å². The highest BCUT2D eigenvalue weighted by atomic mass is 16.2. The number of anilines is 1. The van der Waals surface area contributed by atoms with Crippen LogP contribution in [0.15, 0.2) is 24.4 Å². The van der Waals surface area contributed by atoms with E-state index in [0.29, 0.717) is 18.3 Å². The van der Waals surface area contributed by atoms with Crippen molar-refractivity contribution in [1.29, 1.82) is 0 Å². The second-order valence-corrected chi connectivity index (χ2v) is 7.60. The second-order valence-electron chi connectivity index (χ2n) is 7.60. The van der Waals surface area contributed by atoms with Gasteiger partial charge in [0.15, 0.2) is 0 Å². The van der Waals surface area contributed by atoms with Crippen molar-refractivity contribution < 1.29 is 9.59 Å². The first-order valence-corrected chi connectivity index (χ1v) is 9.46. The van der Waals surface area contributed by atoms with E-state index < -0.39 is 0 Å². The Labute approximate surface area is 151 Å². The number of H-pyrrole nitrogens is 1. The van der Waals surface area contributed by atoms with E-state index in [9.17, 15) is 9.59 Å². The van der Waals surface area contributed by atoms with Crippen LogP contribution in [0.4, 0.5) is 5.82 Å². The minimum Gasteiger partial charge on any atom is -0.346 e. The van der Waals surface area contributed by atoms with E-state index >= 15 is 0 Å². The SMILES string of the molecule is O=C(Nc1cc(C2=CCN(C(=O)C3CC3)CC2)c2cc[nH]c2n1)C1CC1. The zero-order chi connectivity index (χ0) is 17.7. The molecular formula is C20H22N4O2. The first-order valence-electron chi connectivity index (χ1n) is 9.46. The molecule has 26 heavy (non-hydrogen) atoms. The number of hydrogen-bond donors (Lipinski definition) is 2. The number of carbonyl (C=O) groups is 2. The summed E-state index contributed by atoms with van der Waals surface area (Å²) in [6, 6.07) is 3.99. The summed E-state index contributed by atoms with van der Waals surface area (Å²) in [4.78, 5) is 34.0. The van der Waals surface area contributed by atoms with E-state index in [1.807, 2.05) is 23.2 Å². The quantitative estimate of drug-likeness (QED) is 0.890. The monoisotopic (exact) mass is 350 g/mol. The van der Waals surface area contributed by atoms with Crippen molar-refractivity contribution >= 4 is 34.2 Å². The largest absolute Gasteiger partial charge is 0.346 e. The summed E-state index contributed by atoms with van der Waals surface area (Å²) < 4.78 is 0. The van der Waals surface area contributed by atoms with Crippen molar-refractivity contribution in [1.82, 2.24) is 14.9 Å². The molecule has 0 spiro atoms. The summed E-state index contributed by atoms with van der Waals surface area (Å²) in [5, 5.41) is 4.01. The Morgan fingerprint density at radius 3 is 2.69 bits per heavy atom. The number of nitrogens with zero attached hydrogens (tertiary/aromatic N) is 2. The van der Waals surface area contributed by atoms with Crippen molar-refractivity contribution in [2.24, 2.45) is 11.8 Å².